The smallest absolute Gasteiger partial charge is 0.276 e. The molecule has 0 bridgehead atoms. The second-order valence-electron chi connectivity index (χ2n) is 5.97. The first-order chi connectivity index (χ1) is 11.2. The Balaban J connectivity index is 1.93. The van der Waals surface area contributed by atoms with Crippen molar-refractivity contribution in [1.82, 2.24) is 4.90 Å². The molecule has 1 saturated heterocycles. The summed E-state index contributed by atoms with van der Waals surface area (Å²) in [5.41, 5.74) is 1.59. The van der Waals surface area contributed by atoms with Crippen molar-refractivity contribution < 1.29 is 9.59 Å². The number of hydrogen-bond donors (Lipinski definition) is 1. The van der Waals surface area contributed by atoms with Crippen LogP contribution in [0.2, 0.25) is 0 Å². The van der Waals surface area contributed by atoms with Gasteiger partial charge in [-0.05, 0) is 24.3 Å². The van der Waals surface area contributed by atoms with Gasteiger partial charge in [0, 0.05) is 43.5 Å². The lowest BCUT2D eigenvalue weighted by Crippen LogP contribution is -2.49. The van der Waals surface area contributed by atoms with E-state index in [2.05, 4.69) is 10.2 Å². The van der Waals surface area contributed by atoms with E-state index in [1.54, 1.807) is 12.1 Å². The molecular weight excluding hydrogens is 373 g/mol. The third-order valence-electron chi connectivity index (χ3n) is 3.83. The molecule has 0 spiro atoms. The number of nitrogens with one attached hydrogen (secondary N) is 1. The molecule has 1 aromatic rings. The first-order valence-corrected chi connectivity index (χ1v) is 8.84. The number of amides is 2. The SMILES string of the molecule is CC(C)C(=O)N1CCN(c2ccc(NC(=O)C(Cl)(Cl)Cl)cc2)CC1. The lowest BCUT2D eigenvalue weighted by Gasteiger charge is -2.37. The highest BCUT2D eigenvalue weighted by molar-refractivity contribution is 6.76. The van der Waals surface area contributed by atoms with Gasteiger partial charge in [-0.15, -0.1) is 0 Å². The molecule has 24 heavy (non-hydrogen) atoms. The van der Waals surface area contributed by atoms with Crippen molar-refractivity contribution in [2.45, 2.75) is 17.6 Å². The highest BCUT2D eigenvalue weighted by Crippen LogP contribution is 2.28. The van der Waals surface area contributed by atoms with E-state index < -0.39 is 9.70 Å². The maximum atomic E-state index is 12.0. The van der Waals surface area contributed by atoms with Crippen LogP contribution in [0.4, 0.5) is 11.4 Å². The number of carbonyl (C=O) groups excluding carboxylic acids is 2. The van der Waals surface area contributed by atoms with Gasteiger partial charge in [-0.1, -0.05) is 48.7 Å². The first-order valence-electron chi connectivity index (χ1n) is 7.70. The topological polar surface area (TPSA) is 52.7 Å². The number of nitrogens with zero attached hydrogens (tertiary/aromatic N) is 2. The van der Waals surface area contributed by atoms with Crippen LogP contribution in [-0.4, -0.2) is 46.7 Å². The average Bonchev–Trinajstić information content (AvgIpc) is 2.54. The molecule has 0 unspecified atom stereocenters. The Morgan fingerprint density at radius 1 is 1.04 bits per heavy atom. The minimum atomic E-state index is -1.99. The molecule has 132 valence electrons. The minimum Gasteiger partial charge on any atom is -0.368 e. The molecule has 1 aromatic carbocycles. The summed E-state index contributed by atoms with van der Waals surface area (Å²) in [5, 5.41) is 2.54. The van der Waals surface area contributed by atoms with Gasteiger partial charge in [-0.25, -0.2) is 0 Å². The van der Waals surface area contributed by atoms with Crippen LogP contribution < -0.4 is 10.2 Å². The van der Waals surface area contributed by atoms with Gasteiger partial charge in [0.2, 0.25) is 5.91 Å². The maximum Gasteiger partial charge on any atom is 0.276 e. The zero-order chi connectivity index (χ0) is 17.9. The van der Waals surface area contributed by atoms with Crippen LogP contribution in [0, 0.1) is 5.92 Å². The van der Waals surface area contributed by atoms with E-state index in [9.17, 15) is 9.59 Å². The van der Waals surface area contributed by atoms with Crippen LogP contribution >= 0.6 is 34.8 Å². The van der Waals surface area contributed by atoms with Crippen molar-refractivity contribution in [1.29, 1.82) is 0 Å². The highest BCUT2D eigenvalue weighted by Gasteiger charge is 2.30. The summed E-state index contributed by atoms with van der Waals surface area (Å²) in [7, 11) is 0. The summed E-state index contributed by atoms with van der Waals surface area (Å²) >= 11 is 16.6. The predicted molar refractivity (Wildman–Crippen MR) is 99.0 cm³/mol. The van der Waals surface area contributed by atoms with Crippen LogP contribution in [0.25, 0.3) is 0 Å². The normalized spacial score (nSPS) is 15.6. The molecule has 1 N–H and O–H groups in total. The number of benzene rings is 1. The average molecular weight is 393 g/mol. The molecule has 0 radical (unpaired) electrons. The molecule has 2 rings (SSSR count). The third kappa shape index (κ3) is 4.91. The zero-order valence-electron chi connectivity index (χ0n) is 13.6. The summed E-state index contributed by atoms with van der Waals surface area (Å²) in [6.07, 6.45) is 0. The predicted octanol–water partition coefficient (Wildman–Crippen LogP) is 3.30. The minimum absolute atomic E-state index is 0.0253. The molecule has 1 aliphatic rings. The molecule has 0 aromatic heterocycles. The van der Waals surface area contributed by atoms with E-state index in [1.807, 2.05) is 30.9 Å². The molecule has 1 fully saturated rings. The van der Waals surface area contributed by atoms with Crippen molar-refractivity contribution in [3.63, 3.8) is 0 Å². The molecule has 1 aliphatic heterocycles. The Hall–Kier alpha value is -1.17. The number of alkyl halides is 3. The maximum absolute atomic E-state index is 12.0. The van der Waals surface area contributed by atoms with Crippen molar-refractivity contribution in [3.05, 3.63) is 24.3 Å². The monoisotopic (exact) mass is 391 g/mol. The molecule has 5 nitrogen and oxygen atoms in total. The standard InChI is InChI=1S/C16H20Cl3N3O2/c1-11(2)14(23)22-9-7-21(8-10-22)13-5-3-12(4-6-13)20-15(24)16(17,18)19/h3-6,11H,7-10H2,1-2H3,(H,20,24). The Morgan fingerprint density at radius 3 is 2.04 bits per heavy atom. The van der Waals surface area contributed by atoms with Gasteiger partial charge in [0.05, 0.1) is 0 Å². The first kappa shape index (κ1) is 19.2. The Morgan fingerprint density at radius 2 is 1.58 bits per heavy atom. The Labute approximate surface area is 156 Å². The van der Waals surface area contributed by atoms with Crippen LogP contribution in [0.3, 0.4) is 0 Å². The fourth-order valence-electron chi connectivity index (χ4n) is 2.51. The molecule has 2 amide bonds. The molecular formula is C16H20Cl3N3O2. The van der Waals surface area contributed by atoms with Gasteiger partial charge >= 0.3 is 0 Å². The van der Waals surface area contributed by atoms with Gasteiger partial charge in [0.15, 0.2) is 0 Å². The van der Waals surface area contributed by atoms with Crippen LogP contribution in [0.5, 0.6) is 0 Å². The molecule has 0 aliphatic carbocycles. The van der Waals surface area contributed by atoms with Crippen LogP contribution in [0.15, 0.2) is 24.3 Å². The summed E-state index contributed by atoms with van der Waals surface area (Å²) in [6.45, 7) is 6.81. The van der Waals surface area contributed by atoms with Crippen molar-refractivity contribution in [3.8, 4) is 0 Å². The quantitative estimate of drug-likeness (QED) is 0.803. The van der Waals surface area contributed by atoms with Crippen molar-refractivity contribution >= 4 is 58.0 Å². The second kappa shape index (κ2) is 7.81. The zero-order valence-corrected chi connectivity index (χ0v) is 15.8. The third-order valence-corrected chi connectivity index (χ3v) is 4.35. The number of halogens is 3. The summed E-state index contributed by atoms with van der Waals surface area (Å²) < 4.78 is -1.99. The van der Waals surface area contributed by atoms with E-state index in [0.717, 1.165) is 18.8 Å². The molecule has 1 heterocycles. The fraction of sp³-hybridized carbons (Fsp3) is 0.500. The number of piperazine rings is 1. The van der Waals surface area contributed by atoms with E-state index in [-0.39, 0.29) is 11.8 Å². The Kier molecular flexibility index (Phi) is 6.23. The van der Waals surface area contributed by atoms with E-state index >= 15 is 0 Å². The van der Waals surface area contributed by atoms with E-state index in [0.29, 0.717) is 18.8 Å². The van der Waals surface area contributed by atoms with E-state index in [1.165, 1.54) is 0 Å². The van der Waals surface area contributed by atoms with Gasteiger partial charge in [-0.2, -0.15) is 0 Å². The number of rotatable bonds is 3. The number of anilines is 2. The summed E-state index contributed by atoms with van der Waals surface area (Å²) in [6, 6.07) is 7.31. The number of hydrogen-bond acceptors (Lipinski definition) is 3. The summed E-state index contributed by atoms with van der Waals surface area (Å²) in [4.78, 5) is 27.7. The van der Waals surface area contributed by atoms with Crippen molar-refractivity contribution in [2.75, 3.05) is 36.4 Å². The van der Waals surface area contributed by atoms with E-state index in [4.69, 9.17) is 34.8 Å². The lowest BCUT2D eigenvalue weighted by molar-refractivity contribution is -0.134. The van der Waals surface area contributed by atoms with Gasteiger partial charge in [0.1, 0.15) is 0 Å². The molecule has 0 atom stereocenters. The van der Waals surface area contributed by atoms with Gasteiger partial charge in [0.25, 0.3) is 9.70 Å². The Bertz CT molecular complexity index is 592. The second-order valence-corrected chi connectivity index (χ2v) is 8.25. The summed E-state index contributed by atoms with van der Waals surface area (Å²) in [5.74, 6) is -0.474. The van der Waals surface area contributed by atoms with Crippen molar-refractivity contribution in [2.24, 2.45) is 5.92 Å². The fourth-order valence-corrected chi connectivity index (χ4v) is 2.65. The lowest BCUT2D eigenvalue weighted by atomic mass is 10.1. The molecule has 8 heteroatoms. The van der Waals surface area contributed by atoms with Crippen LogP contribution in [-0.2, 0) is 9.59 Å². The number of carbonyl (C=O) groups is 2. The largest absolute Gasteiger partial charge is 0.368 e. The molecule has 0 saturated carbocycles. The van der Waals surface area contributed by atoms with Gasteiger partial charge < -0.3 is 15.1 Å². The van der Waals surface area contributed by atoms with Crippen LogP contribution in [0.1, 0.15) is 13.8 Å². The van der Waals surface area contributed by atoms with Gasteiger partial charge in [-0.3, -0.25) is 9.59 Å². The highest BCUT2D eigenvalue weighted by atomic mass is 35.6.